The fraction of sp³-hybridized carbons (Fsp3) is 0.360. The van der Waals surface area contributed by atoms with Gasteiger partial charge in [-0.3, -0.25) is 9.59 Å². The number of rotatable bonds is 5. The molecule has 1 aliphatic rings. The van der Waals surface area contributed by atoms with Gasteiger partial charge in [0.1, 0.15) is 0 Å². The van der Waals surface area contributed by atoms with E-state index in [9.17, 15) is 9.59 Å². The number of carbonyl (C=O) groups excluding carboxylic acids is 1. The molecule has 2 aromatic carbocycles. The normalized spacial score (nSPS) is 18.5. The molecule has 1 aliphatic carbocycles. The van der Waals surface area contributed by atoms with E-state index in [-0.39, 0.29) is 17.5 Å². The zero-order valence-corrected chi connectivity index (χ0v) is 19.6. The van der Waals surface area contributed by atoms with Gasteiger partial charge < -0.3 is 10.6 Å². The first-order chi connectivity index (χ1) is 16.0. The van der Waals surface area contributed by atoms with E-state index in [0.29, 0.717) is 32.5 Å². The number of aryl methyl sites for hydroxylation is 1. The number of hydrogen-bond acceptors (Lipinski definition) is 6. The lowest BCUT2D eigenvalue weighted by Gasteiger charge is -2.29. The highest BCUT2D eigenvalue weighted by Crippen LogP contribution is 2.26. The molecule has 170 valence electrons. The number of amides is 1. The number of carbonyl (C=O) groups is 1. The van der Waals surface area contributed by atoms with Crippen LogP contribution in [0, 0.1) is 5.92 Å². The summed E-state index contributed by atoms with van der Waals surface area (Å²) in [4.78, 5) is 31.1. The highest BCUT2D eigenvalue weighted by Gasteiger charge is 2.23. The lowest BCUT2D eigenvalue weighted by Crippen LogP contribution is -2.41. The van der Waals surface area contributed by atoms with E-state index in [1.807, 2.05) is 18.2 Å². The van der Waals surface area contributed by atoms with Crippen molar-refractivity contribution < 1.29 is 4.79 Å². The van der Waals surface area contributed by atoms with Crippen molar-refractivity contribution in [1.29, 1.82) is 0 Å². The van der Waals surface area contributed by atoms with Crippen LogP contribution in [0.3, 0.4) is 0 Å². The van der Waals surface area contributed by atoms with Crippen LogP contribution >= 0.6 is 11.3 Å². The molecular weight excluding hydrogens is 434 g/mol. The van der Waals surface area contributed by atoms with Crippen LogP contribution in [0.2, 0.25) is 0 Å². The lowest BCUT2D eigenvalue weighted by molar-refractivity contribution is 0.0910. The number of nitrogens with zero attached hydrogens (tertiary/aromatic N) is 3. The minimum atomic E-state index is -0.240. The molecule has 2 N–H and O–H groups in total. The van der Waals surface area contributed by atoms with Crippen molar-refractivity contribution in [3.63, 3.8) is 0 Å². The Hall–Kier alpha value is -3.26. The van der Waals surface area contributed by atoms with Gasteiger partial charge in [0.05, 0.1) is 10.9 Å². The lowest BCUT2D eigenvalue weighted by atomic mass is 9.86. The van der Waals surface area contributed by atoms with Crippen molar-refractivity contribution in [3.05, 3.63) is 63.9 Å². The molecule has 5 rings (SSSR count). The maximum absolute atomic E-state index is 13.1. The second-order valence-corrected chi connectivity index (χ2v) is 9.68. The molecule has 2 aromatic heterocycles. The summed E-state index contributed by atoms with van der Waals surface area (Å²) in [6, 6.07) is 13.3. The molecule has 0 aliphatic heterocycles. The number of para-hydroxylation sites is 1. The summed E-state index contributed by atoms with van der Waals surface area (Å²) in [5.74, 6) is 0.368. The molecule has 7 nitrogen and oxygen atoms in total. The van der Waals surface area contributed by atoms with Gasteiger partial charge in [-0.15, -0.1) is 5.10 Å². The van der Waals surface area contributed by atoms with Crippen LogP contribution in [-0.4, -0.2) is 26.5 Å². The van der Waals surface area contributed by atoms with E-state index in [4.69, 9.17) is 0 Å². The number of fused-ring (bicyclic) bond motifs is 2. The zero-order valence-electron chi connectivity index (χ0n) is 18.8. The van der Waals surface area contributed by atoms with Crippen LogP contribution in [0.25, 0.3) is 15.9 Å². The Morgan fingerprint density at radius 1 is 1.18 bits per heavy atom. The fourth-order valence-corrected chi connectivity index (χ4v) is 5.36. The SMILES string of the molecule is CCc1ccccc1Nc1nn2c(=O)c3ccc(C(=O)N[C@@H]4CCCC[C@@H]4C)cc3nc2s1. The molecule has 4 aromatic rings. The van der Waals surface area contributed by atoms with Crippen molar-refractivity contribution >= 4 is 43.9 Å². The second kappa shape index (κ2) is 8.94. The van der Waals surface area contributed by atoms with Gasteiger partial charge in [-0.1, -0.05) is 56.2 Å². The third kappa shape index (κ3) is 4.23. The molecule has 0 radical (unpaired) electrons. The first kappa shape index (κ1) is 21.6. The van der Waals surface area contributed by atoms with E-state index in [0.717, 1.165) is 31.4 Å². The third-order valence-electron chi connectivity index (χ3n) is 6.53. The molecule has 1 saturated carbocycles. The van der Waals surface area contributed by atoms with Gasteiger partial charge in [-0.05, 0) is 55.0 Å². The Morgan fingerprint density at radius 2 is 2.00 bits per heavy atom. The monoisotopic (exact) mass is 461 g/mol. The molecule has 1 fully saturated rings. The van der Waals surface area contributed by atoms with Crippen molar-refractivity contribution in [3.8, 4) is 0 Å². The van der Waals surface area contributed by atoms with Crippen LogP contribution in [0.1, 0.15) is 55.5 Å². The van der Waals surface area contributed by atoms with Crippen molar-refractivity contribution in [2.75, 3.05) is 5.32 Å². The van der Waals surface area contributed by atoms with Gasteiger partial charge in [0, 0.05) is 17.3 Å². The molecule has 0 spiro atoms. The number of nitrogens with one attached hydrogen (secondary N) is 2. The molecule has 2 atom stereocenters. The van der Waals surface area contributed by atoms with Crippen LogP contribution in [0.5, 0.6) is 0 Å². The van der Waals surface area contributed by atoms with E-state index >= 15 is 0 Å². The van der Waals surface area contributed by atoms with Crippen molar-refractivity contribution in [2.45, 2.75) is 52.0 Å². The largest absolute Gasteiger partial charge is 0.349 e. The summed E-state index contributed by atoms with van der Waals surface area (Å²) in [5, 5.41) is 12.0. The molecule has 33 heavy (non-hydrogen) atoms. The first-order valence-electron chi connectivity index (χ1n) is 11.5. The molecule has 0 bridgehead atoms. The standard InChI is InChI=1S/C25H27N5O2S/c1-3-16-9-5-7-11-20(16)27-24-29-30-23(32)18-13-12-17(14-21(18)28-25(30)33-24)22(31)26-19-10-6-4-8-15(19)2/h5,7,9,11-15,19H,3-4,6,8,10H2,1-2H3,(H,26,31)(H,27,29)/t15-,19+/m0/s1. The number of benzene rings is 2. The Bertz CT molecular complexity index is 1390. The van der Waals surface area contributed by atoms with Crippen LogP contribution in [0.4, 0.5) is 10.8 Å². The maximum Gasteiger partial charge on any atom is 0.283 e. The van der Waals surface area contributed by atoms with E-state index in [1.165, 1.54) is 27.8 Å². The average molecular weight is 462 g/mol. The van der Waals surface area contributed by atoms with E-state index in [1.54, 1.807) is 18.2 Å². The van der Waals surface area contributed by atoms with Gasteiger partial charge >= 0.3 is 0 Å². The molecule has 0 unspecified atom stereocenters. The van der Waals surface area contributed by atoms with Crippen LogP contribution < -0.4 is 16.2 Å². The number of anilines is 2. The second-order valence-electron chi connectivity index (χ2n) is 8.73. The Labute approximate surface area is 195 Å². The van der Waals surface area contributed by atoms with Gasteiger partial charge in [-0.2, -0.15) is 4.52 Å². The van der Waals surface area contributed by atoms with Crippen LogP contribution in [-0.2, 0) is 6.42 Å². The predicted octanol–water partition coefficient (Wildman–Crippen LogP) is 4.92. The van der Waals surface area contributed by atoms with Gasteiger partial charge in [0.25, 0.3) is 11.5 Å². The molecule has 0 saturated heterocycles. The van der Waals surface area contributed by atoms with E-state index < -0.39 is 0 Å². The Balaban J connectivity index is 1.46. The Kier molecular flexibility index (Phi) is 5.85. The molecule has 8 heteroatoms. The Morgan fingerprint density at radius 3 is 2.82 bits per heavy atom. The van der Waals surface area contributed by atoms with E-state index in [2.05, 4.69) is 40.6 Å². The summed E-state index contributed by atoms with van der Waals surface area (Å²) in [6.07, 6.45) is 5.42. The third-order valence-corrected chi connectivity index (χ3v) is 7.35. The highest BCUT2D eigenvalue weighted by molar-refractivity contribution is 7.20. The molecule has 2 heterocycles. The summed E-state index contributed by atoms with van der Waals surface area (Å²) >= 11 is 1.31. The maximum atomic E-state index is 13.1. The first-order valence-corrected chi connectivity index (χ1v) is 12.3. The van der Waals surface area contributed by atoms with Crippen LogP contribution in [0.15, 0.2) is 47.3 Å². The minimum Gasteiger partial charge on any atom is -0.349 e. The summed E-state index contributed by atoms with van der Waals surface area (Å²) in [5.41, 5.74) is 2.93. The molecular formula is C25H27N5O2S. The highest BCUT2D eigenvalue weighted by atomic mass is 32.1. The quantitative estimate of drug-likeness (QED) is 0.440. The summed E-state index contributed by atoms with van der Waals surface area (Å²) in [7, 11) is 0. The molecule has 1 amide bonds. The smallest absolute Gasteiger partial charge is 0.283 e. The predicted molar refractivity (Wildman–Crippen MR) is 133 cm³/mol. The summed E-state index contributed by atoms with van der Waals surface area (Å²) in [6.45, 7) is 4.29. The van der Waals surface area contributed by atoms with Gasteiger partial charge in [-0.25, -0.2) is 4.98 Å². The fourth-order valence-electron chi connectivity index (χ4n) is 4.55. The topological polar surface area (TPSA) is 88.4 Å². The number of aromatic nitrogens is 3. The van der Waals surface area contributed by atoms with Gasteiger partial charge in [0.2, 0.25) is 10.1 Å². The average Bonchev–Trinajstić information content (AvgIpc) is 3.23. The van der Waals surface area contributed by atoms with Crippen molar-refractivity contribution in [2.24, 2.45) is 5.92 Å². The number of hydrogen-bond donors (Lipinski definition) is 2. The van der Waals surface area contributed by atoms with Crippen molar-refractivity contribution in [1.82, 2.24) is 19.9 Å². The minimum absolute atomic E-state index is 0.111. The van der Waals surface area contributed by atoms with Gasteiger partial charge in [0.15, 0.2) is 0 Å². The zero-order chi connectivity index (χ0) is 22.9. The summed E-state index contributed by atoms with van der Waals surface area (Å²) < 4.78 is 1.33.